The summed E-state index contributed by atoms with van der Waals surface area (Å²) in [7, 11) is 0. The number of hydrogen-bond donors (Lipinski definition) is 1. The lowest BCUT2D eigenvalue weighted by Crippen LogP contribution is -2.26. The molecule has 1 fully saturated rings. The molecular weight excluding hydrogens is 277 g/mol. The van der Waals surface area contributed by atoms with E-state index in [1.54, 1.807) is 0 Å². The van der Waals surface area contributed by atoms with Gasteiger partial charge in [0.05, 0.1) is 5.69 Å². The van der Waals surface area contributed by atoms with Crippen LogP contribution in [0.2, 0.25) is 0 Å². The number of aromatic nitrogens is 2. The van der Waals surface area contributed by atoms with Gasteiger partial charge in [-0.2, -0.15) is 4.68 Å². The summed E-state index contributed by atoms with van der Waals surface area (Å²) in [4.78, 5) is 23.1. The maximum absolute atomic E-state index is 13.9. The Labute approximate surface area is 119 Å². The Morgan fingerprint density at radius 2 is 2.29 bits per heavy atom. The van der Waals surface area contributed by atoms with Crippen molar-refractivity contribution in [2.45, 2.75) is 32.2 Å². The third kappa shape index (κ3) is 3.01. The van der Waals surface area contributed by atoms with Crippen molar-refractivity contribution in [2.24, 2.45) is 0 Å². The van der Waals surface area contributed by atoms with Gasteiger partial charge in [0.1, 0.15) is 12.4 Å². The number of hydrogen-bond acceptors (Lipinski definition) is 4. The van der Waals surface area contributed by atoms with Crippen molar-refractivity contribution in [1.82, 2.24) is 9.78 Å². The largest absolute Gasteiger partial charge is 0.437 e. The molecule has 0 saturated heterocycles. The second-order valence-electron chi connectivity index (χ2n) is 5.11. The van der Waals surface area contributed by atoms with Crippen LogP contribution in [0.4, 0.5) is 10.1 Å². The van der Waals surface area contributed by atoms with Crippen molar-refractivity contribution in [3.05, 3.63) is 46.0 Å². The first-order chi connectivity index (χ1) is 10.0. The van der Waals surface area contributed by atoms with Crippen LogP contribution in [0.15, 0.2) is 27.4 Å². The highest BCUT2D eigenvalue weighted by molar-refractivity contribution is 5.90. The van der Waals surface area contributed by atoms with E-state index in [1.165, 1.54) is 19.1 Å². The highest BCUT2D eigenvalue weighted by Crippen LogP contribution is 2.40. The second kappa shape index (κ2) is 5.16. The van der Waals surface area contributed by atoms with Crippen LogP contribution in [0.1, 0.15) is 30.2 Å². The van der Waals surface area contributed by atoms with Crippen molar-refractivity contribution in [3.63, 3.8) is 0 Å². The number of benzene rings is 1. The summed E-state index contributed by atoms with van der Waals surface area (Å²) in [6, 6.07) is 4.79. The third-order valence-electron chi connectivity index (χ3n) is 3.32. The SMILES string of the molecule is Cc1nn(CC(=O)Nc2ccc(C3CC3)cc2F)c(=O)o1. The summed E-state index contributed by atoms with van der Waals surface area (Å²) in [6.07, 6.45) is 2.17. The predicted octanol–water partition coefficient (Wildman–Crippen LogP) is 1.80. The first kappa shape index (κ1) is 13.5. The van der Waals surface area contributed by atoms with Gasteiger partial charge >= 0.3 is 5.76 Å². The summed E-state index contributed by atoms with van der Waals surface area (Å²) >= 11 is 0. The van der Waals surface area contributed by atoms with Gasteiger partial charge in [0, 0.05) is 6.92 Å². The van der Waals surface area contributed by atoms with Crippen LogP contribution in [0.5, 0.6) is 0 Å². The van der Waals surface area contributed by atoms with Gasteiger partial charge in [-0.05, 0) is 36.5 Å². The molecule has 0 bridgehead atoms. The number of nitrogens with one attached hydrogen (secondary N) is 1. The number of carbonyl (C=O) groups is 1. The van der Waals surface area contributed by atoms with E-state index in [9.17, 15) is 14.0 Å². The van der Waals surface area contributed by atoms with Gasteiger partial charge in [-0.3, -0.25) is 4.79 Å². The maximum Gasteiger partial charge on any atom is 0.437 e. The van der Waals surface area contributed by atoms with E-state index in [0.717, 1.165) is 23.1 Å². The van der Waals surface area contributed by atoms with Crippen molar-refractivity contribution in [1.29, 1.82) is 0 Å². The Bertz CT molecular complexity index is 746. The summed E-state index contributed by atoms with van der Waals surface area (Å²) in [5, 5.41) is 6.17. The van der Waals surface area contributed by atoms with E-state index >= 15 is 0 Å². The van der Waals surface area contributed by atoms with Gasteiger partial charge < -0.3 is 9.73 Å². The van der Waals surface area contributed by atoms with Crippen LogP contribution in [0, 0.1) is 12.7 Å². The molecule has 1 aromatic heterocycles. The molecule has 3 rings (SSSR count). The summed E-state index contributed by atoms with van der Waals surface area (Å²) < 4.78 is 19.5. The Morgan fingerprint density at radius 1 is 1.52 bits per heavy atom. The second-order valence-corrected chi connectivity index (χ2v) is 5.11. The molecule has 1 heterocycles. The number of aryl methyl sites for hydroxylation is 1. The van der Waals surface area contributed by atoms with Gasteiger partial charge in [-0.25, -0.2) is 9.18 Å². The van der Waals surface area contributed by atoms with Crippen molar-refractivity contribution in [3.8, 4) is 0 Å². The lowest BCUT2D eigenvalue weighted by atomic mass is 10.1. The van der Waals surface area contributed by atoms with Crippen molar-refractivity contribution < 1.29 is 13.6 Å². The average Bonchev–Trinajstić information content (AvgIpc) is 3.20. The fourth-order valence-electron chi connectivity index (χ4n) is 2.14. The Balaban J connectivity index is 1.69. The highest BCUT2D eigenvalue weighted by atomic mass is 19.1. The van der Waals surface area contributed by atoms with Gasteiger partial charge in [-0.1, -0.05) is 6.07 Å². The molecule has 1 amide bonds. The molecule has 1 aromatic carbocycles. The first-order valence-corrected chi connectivity index (χ1v) is 6.67. The van der Waals surface area contributed by atoms with Gasteiger partial charge in [0.15, 0.2) is 0 Å². The normalized spacial score (nSPS) is 14.2. The Kier molecular flexibility index (Phi) is 3.32. The minimum absolute atomic E-state index is 0.0951. The number of nitrogens with zero attached hydrogens (tertiary/aromatic N) is 2. The molecule has 1 N–H and O–H groups in total. The molecule has 1 aliphatic carbocycles. The van der Waals surface area contributed by atoms with E-state index in [4.69, 9.17) is 0 Å². The smallest absolute Gasteiger partial charge is 0.393 e. The van der Waals surface area contributed by atoms with E-state index in [0.29, 0.717) is 5.92 Å². The molecule has 0 radical (unpaired) electrons. The number of rotatable bonds is 4. The van der Waals surface area contributed by atoms with Crippen LogP contribution >= 0.6 is 0 Å². The zero-order chi connectivity index (χ0) is 15.0. The zero-order valence-electron chi connectivity index (χ0n) is 11.4. The third-order valence-corrected chi connectivity index (χ3v) is 3.32. The molecule has 0 spiro atoms. The van der Waals surface area contributed by atoms with Crippen molar-refractivity contribution in [2.75, 3.05) is 5.32 Å². The minimum atomic E-state index is -0.716. The van der Waals surface area contributed by atoms with Crippen LogP contribution in [-0.4, -0.2) is 15.7 Å². The van der Waals surface area contributed by atoms with Crippen LogP contribution in [0.3, 0.4) is 0 Å². The molecule has 0 atom stereocenters. The molecule has 0 aliphatic heterocycles. The highest BCUT2D eigenvalue weighted by Gasteiger charge is 2.24. The topological polar surface area (TPSA) is 77.1 Å². The summed E-state index contributed by atoms with van der Waals surface area (Å²) in [5.74, 6) is -1.11. The molecule has 1 saturated carbocycles. The maximum atomic E-state index is 13.9. The quantitative estimate of drug-likeness (QED) is 0.931. The zero-order valence-corrected chi connectivity index (χ0v) is 11.4. The van der Waals surface area contributed by atoms with Crippen LogP contribution < -0.4 is 11.1 Å². The Hall–Kier alpha value is -2.44. The molecule has 6 nitrogen and oxygen atoms in total. The average molecular weight is 291 g/mol. The van der Waals surface area contributed by atoms with Crippen LogP contribution in [-0.2, 0) is 11.3 Å². The van der Waals surface area contributed by atoms with Crippen molar-refractivity contribution >= 4 is 11.6 Å². The fraction of sp³-hybridized carbons (Fsp3) is 0.357. The number of carbonyl (C=O) groups excluding carboxylic acids is 1. The van der Waals surface area contributed by atoms with E-state index in [-0.39, 0.29) is 18.1 Å². The van der Waals surface area contributed by atoms with Gasteiger partial charge in [0.2, 0.25) is 11.8 Å². The minimum Gasteiger partial charge on any atom is -0.393 e. The molecule has 1 aliphatic rings. The Morgan fingerprint density at radius 3 is 2.86 bits per heavy atom. The molecule has 21 heavy (non-hydrogen) atoms. The first-order valence-electron chi connectivity index (χ1n) is 6.67. The molecule has 110 valence electrons. The summed E-state index contributed by atoms with van der Waals surface area (Å²) in [5.41, 5.74) is 1.05. The lowest BCUT2D eigenvalue weighted by molar-refractivity contribution is -0.117. The standard InChI is InChI=1S/C14H14FN3O3/c1-8-17-18(14(20)21-8)7-13(19)16-12-5-4-10(6-11(12)15)9-2-3-9/h4-6,9H,2-3,7H2,1H3,(H,16,19). The molecule has 0 unspecified atom stereocenters. The fourth-order valence-corrected chi connectivity index (χ4v) is 2.14. The number of anilines is 1. The number of halogens is 1. The van der Waals surface area contributed by atoms with E-state index in [1.807, 2.05) is 6.07 Å². The van der Waals surface area contributed by atoms with Gasteiger partial charge in [-0.15, -0.1) is 5.10 Å². The lowest BCUT2D eigenvalue weighted by Gasteiger charge is -2.07. The van der Waals surface area contributed by atoms with E-state index < -0.39 is 17.5 Å². The predicted molar refractivity (Wildman–Crippen MR) is 72.5 cm³/mol. The molecule has 2 aromatic rings. The van der Waals surface area contributed by atoms with Gasteiger partial charge in [0.25, 0.3) is 0 Å². The monoisotopic (exact) mass is 291 g/mol. The summed E-state index contributed by atoms with van der Waals surface area (Å²) in [6.45, 7) is 1.19. The van der Waals surface area contributed by atoms with Crippen LogP contribution in [0.25, 0.3) is 0 Å². The number of amides is 1. The van der Waals surface area contributed by atoms with E-state index in [2.05, 4.69) is 14.8 Å². The molecule has 7 heteroatoms. The molecular formula is C14H14FN3O3.